The molecule has 9 nitrogen and oxygen atoms in total. The van der Waals surface area contributed by atoms with Crippen LogP contribution in [-0.2, 0) is 15.7 Å². The number of amides is 3. The van der Waals surface area contributed by atoms with Gasteiger partial charge in [0.15, 0.2) is 5.60 Å². The minimum Gasteiger partial charge on any atom is -0.476 e. The van der Waals surface area contributed by atoms with Crippen LogP contribution in [-0.4, -0.2) is 77.2 Å². The van der Waals surface area contributed by atoms with Crippen LogP contribution < -0.4 is 15.4 Å². The number of carbonyl (C=O) groups is 3. The number of carbonyl (C=O) groups excluding carboxylic acids is 3. The molecule has 3 aromatic rings. The molecule has 0 radical (unpaired) electrons. The van der Waals surface area contributed by atoms with E-state index < -0.39 is 58.5 Å². The van der Waals surface area contributed by atoms with E-state index in [9.17, 15) is 27.6 Å². The third kappa shape index (κ3) is 8.01. The summed E-state index contributed by atoms with van der Waals surface area (Å²) in [4.78, 5) is 45.8. The number of rotatable bonds is 7. The first kappa shape index (κ1) is 37.7. The lowest BCUT2D eigenvalue weighted by atomic mass is 9.82. The molecule has 2 heterocycles. The second-order valence-corrected chi connectivity index (χ2v) is 14.9. The Kier molecular flexibility index (Phi) is 10.5. The van der Waals surface area contributed by atoms with Crippen molar-refractivity contribution in [1.29, 1.82) is 0 Å². The molecule has 0 aliphatic carbocycles. The lowest BCUT2D eigenvalue weighted by Crippen LogP contribution is -2.57. The smallest absolute Gasteiger partial charge is 0.417 e. The van der Waals surface area contributed by atoms with Gasteiger partial charge in [0, 0.05) is 38.1 Å². The van der Waals surface area contributed by atoms with Crippen molar-refractivity contribution in [2.75, 3.05) is 31.1 Å². The zero-order chi connectivity index (χ0) is 37.5. The van der Waals surface area contributed by atoms with Crippen LogP contribution in [0.4, 0.5) is 23.7 Å². The number of fused-ring (bicyclic) bond motifs is 1. The second kappa shape index (κ2) is 14.2. The Morgan fingerprint density at radius 1 is 1.02 bits per heavy atom. The molecule has 1 saturated heterocycles. The monoisotopic (exact) mass is 708 g/mol. The molecule has 0 unspecified atom stereocenters. The highest BCUT2D eigenvalue weighted by Gasteiger charge is 2.47. The van der Waals surface area contributed by atoms with Gasteiger partial charge in [-0.2, -0.15) is 13.2 Å². The quantitative estimate of drug-likeness (QED) is 0.273. The van der Waals surface area contributed by atoms with Crippen LogP contribution in [0.1, 0.15) is 82.3 Å². The molecule has 2 aliphatic heterocycles. The van der Waals surface area contributed by atoms with Gasteiger partial charge in [-0.25, -0.2) is 4.79 Å². The highest BCUT2D eigenvalue weighted by atomic mass is 19.4. The maximum atomic E-state index is 14.9. The van der Waals surface area contributed by atoms with E-state index in [-0.39, 0.29) is 37.0 Å². The van der Waals surface area contributed by atoms with Gasteiger partial charge in [-0.3, -0.25) is 9.59 Å². The van der Waals surface area contributed by atoms with Crippen LogP contribution in [0.25, 0.3) is 11.1 Å². The summed E-state index contributed by atoms with van der Waals surface area (Å²) in [6, 6.07) is 18.2. The number of hydrogen-bond acceptors (Lipinski definition) is 6. The van der Waals surface area contributed by atoms with E-state index in [4.69, 9.17) is 15.2 Å². The molecule has 2 N–H and O–H groups in total. The summed E-state index contributed by atoms with van der Waals surface area (Å²) in [5, 5.41) is 0. The summed E-state index contributed by atoms with van der Waals surface area (Å²) in [6.07, 6.45) is -5.08. The number of likely N-dealkylation sites (tertiary alicyclic amines) is 1. The number of nitrogens with two attached hydrogens (primary N) is 1. The summed E-state index contributed by atoms with van der Waals surface area (Å²) in [6.45, 7) is 12.1. The van der Waals surface area contributed by atoms with Gasteiger partial charge < -0.3 is 29.9 Å². The van der Waals surface area contributed by atoms with Crippen molar-refractivity contribution in [3.8, 4) is 16.9 Å². The van der Waals surface area contributed by atoms with E-state index in [2.05, 4.69) is 0 Å². The molecular weight excluding hydrogens is 661 g/mol. The summed E-state index contributed by atoms with van der Waals surface area (Å²) in [7, 11) is 0. The fourth-order valence-corrected chi connectivity index (χ4v) is 6.96. The molecule has 2 aliphatic rings. The van der Waals surface area contributed by atoms with Gasteiger partial charge in [-0.15, -0.1) is 0 Å². The minimum atomic E-state index is -4.94. The first-order valence-corrected chi connectivity index (χ1v) is 17.2. The molecule has 0 spiro atoms. The van der Waals surface area contributed by atoms with Crippen LogP contribution >= 0.6 is 0 Å². The number of nitrogens with zero attached hydrogens (tertiary/aromatic N) is 3. The van der Waals surface area contributed by atoms with Crippen molar-refractivity contribution in [2.24, 2.45) is 5.73 Å². The molecule has 0 aromatic heterocycles. The lowest BCUT2D eigenvalue weighted by molar-refractivity contribution is -0.138. The van der Waals surface area contributed by atoms with Gasteiger partial charge in [0.05, 0.1) is 22.9 Å². The minimum absolute atomic E-state index is 0.0127. The third-order valence-corrected chi connectivity index (χ3v) is 9.21. The highest BCUT2D eigenvalue weighted by molar-refractivity contribution is 6.05. The fourth-order valence-electron chi connectivity index (χ4n) is 6.96. The van der Waals surface area contributed by atoms with E-state index >= 15 is 0 Å². The first-order valence-electron chi connectivity index (χ1n) is 17.2. The number of ether oxygens (including phenoxy) is 2. The van der Waals surface area contributed by atoms with Crippen LogP contribution in [0, 0.1) is 0 Å². The van der Waals surface area contributed by atoms with Gasteiger partial charge in [-0.1, -0.05) is 54.6 Å². The Hall–Kier alpha value is -4.58. The Balaban J connectivity index is 1.65. The average molecular weight is 709 g/mol. The molecular formula is C39H47F3N4O5. The summed E-state index contributed by atoms with van der Waals surface area (Å²) in [5.74, 6) is -1.88. The van der Waals surface area contributed by atoms with E-state index in [0.29, 0.717) is 13.0 Å². The maximum Gasteiger partial charge on any atom is 0.417 e. The van der Waals surface area contributed by atoms with Gasteiger partial charge in [0.1, 0.15) is 11.4 Å². The molecule has 1 fully saturated rings. The number of anilines is 1. The molecule has 274 valence electrons. The van der Waals surface area contributed by atoms with Crippen molar-refractivity contribution >= 4 is 23.6 Å². The second-order valence-electron chi connectivity index (χ2n) is 14.9. The topological polar surface area (TPSA) is 105 Å². The normalized spacial score (nSPS) is 19.0. The standard InChI is InChI=1S/C39H47F3N4O5/c1-24(2)46(34(47)29-21-31-33(22-30(29)39(40,41)42)50-38(6,7)35(48)45(31)19-17-43)32-23-44(36(49)51-37(3,4)5)18-16-28(32)27-15-11-14-26(20-27)25-12-9-8-10-13-25/h8-15,20-22,24,28,32H,16-19,23,43H2,1-7H3/t28-,32+/m0/s1. The average Bonchev–Trinajstić information content (AvgIpc) is 3.05. The first-order chi connectivity index (χ1) is 23.8. The van der Waals surface area contributed by atoms with E-state index in [1.54, 1.807) is 34.6 Å². The van der Waals surface area contributed by atoms with Crippen molar-refractivity contribution in [2.45, 2.75) is 90.3 Å². The zero-order valence-corrected chi connectivity index (χ0v) is 30.2. The summed E-state index contributed by atoms with van der Waals surface area (Å²) < 4.78 is 56.1. The maximum absolute atomic E-state index is 14.9. The lowest BCUT2D eigenvalue weighted by Gasteiger charge is -2.46. The highest BCUT2D eigenvalue weighted by Crippen LogP contribution is 2.45. The van der Waals surface area contributed by atoms with Gasteiger partial charge >= 0.3 is 12.3 Å². The molecule has 51 heavy (non-hydrogen) atoms. The van der Waals surface area contributed by atoms with Gasteiger partial charge in [-0.05, 0) is 83.7 Å². The number of alkyl halides is 3. The Morgan fingerprint density at radius 3 is 2.29 bits per heavy atom. The molecule has 0 saturated carbocycles. The van der Waals surface area contributed by atoms with E-state index in [1.807, 2.05) is 54.6 Å². The van der Waals surface area contributed by atoms with Crippen molar-refractivity contribution < 1.29 is 37.0 Å². The molecule has 3 amide bonds. The van der Waals surface area contributed by atoms with Crippen molar-refractivity contribution in [3.05, 3.63) is 83.4 Å². The van der Waals surface area contributed by atoms with Crippen LogP contribution in [0.15, 0.2) is 66.7 Å². The van der Waals surface area contributed by atoms with Crippen LogP contribution in [0.3, 0.4) is 0 Å². The molecule has 3 aromatic carbocycles. The fraction of sp³-hybridized carbons (Fsp3) is 0.462. The molecule has 2 atom stereocenters. The predicted octanol–water partition coefficient (Wildman–Crippen LogP) is 7.48. The van der Waals surface area contributed by atoms with E-state index in [1.165, 1.54) is 28.5 Å². The molecule has 12 heteroatoms. The Morgan fingerprint density at radius 2 is 1.69 bits per heavy atom. The summed E-state index contributed by atoms with van der Waals surface area (Å²) >= 11 is 0. The number of hydrogen-bond donors (Lipinski definition) is 1. The van der Waals surface area contributed by atoms with Crippen LogP contribution in [0.5, 0.6) is 5.75 Å². The number of halogens is 3. The zero-order valence-electron chi connectivity index (χ0n) is 30.2. The number of benzene rings is 3. The van der Waals surface area contributed by atoms with Gasteiger partial charge in [0.2, 0.25) is 0 Å². The van der Waals surface area contributed by atoms with Gasteiger partial charge in [0.25, 0.3) is 11.8 Å². The Bertz CT molecular complexity index is 1770. The molecule has 5 rings (SSSR count). The van der Waals surface area contributed by atoms with Crippen molar-refractivity contribution in [1.82, 2.24) is 9.80 Å². The van der Waals surface area contributed by atoms with E-state index in [0.717, 1.165) is 28.8 Å². The number of piperidine rings is 1. The predicted molar refractivity (Wildman–Crippen MR) is 190 cm³/mol. The van der Waals surface area contributed by atoms with Crippen LogP contribution in [0.2, 0.25) is 0 Å². The third-order valence-electron chi connectivity index (χ3n) is 9.21. The molecule has 0 bridgehead atoms. The summed E-state index contributed by atoms with van der Waals surface area (Å²) in [5.41, 5.74) is 4.64. The largest absolute Gasteiger partial charge is 0.476 e. The SMILES string of the molecule is CC(C)N(C(=O)c1cc2c(cc1C(F)(F)F)OC(C)(C)C(=O)N2CCN)[C@@H]1CN(C(=O)OC(C)(C)C)CC[C@H]1c1cccc(-c2ccccc2)c1. The Labute approximate surface area is 297 Å². The van der Waals surface area contributed by atoms with Crippen molar-refractivity contribution in [3.63, 3.8) is 0 Å².